The van der Waals surface area contributed by atoms with Gasteiger partial charge in [-0.15, -0.1) is 12.4 Å². The van der Waals surface area contributed by atoms with Gasteiger partial charge in [0.25, 0.3) is 5.91 Å². The molecule has 1 saturated heterocycles. The summed E-state index contributed by atoms with van der Waals surface area (Å²) in [5, 5.41) is 8.92. The number of hydrazone groups is 1. The van der Waals surface area contributed by atoms with E-state index in [2.05, 4.69) is 10.4 Å². The molecular formula is C29H38ClN5O4. The molecule has 0 unspecified atom stereocenters. The standard InChI is InChI=1S/C29H37N5O4.ClH/c1-4-34-27(37)29(17-21-11-7-5-8-12-21)20-33(16-15-24(29)32-34)25(35)23(31-26(36)28(2,3)30)19-38-18-22-13-9-6-10-14-22;/h5-14,23H,4,15-20,30H2,1-3H3,(H,31,36);1H/t23-,29+;/m1./s1. The zero-order chi connectivity index (χ0) is 27.3. The molecule has 0 aromatic heterocycles. The van der Waals surface area contributed by atoms with Gasteiger partial charge in [0.15, 0.2) is 0 Å². The molecule has 4 rings (SSSR count). The molecule has 10 heteroatoms. The number of amides is 3. The molecule has 3 amide bonds. The predicted molar refractivity (Wildman–Crippen MR) is 152 cm³/mol. The number of nitrogens with two attached hydrogens (primary N) is 1. The molecule has 0 bridgehead atoms. The van der Waals surface area contributed by atoms with Gasteiger partial charge in [-0.25, -0.2) is 5.01 Å². The van der Waals surface area contributed by atoms with Crippen molar-refractivity contribution in [1.82, 2.24) is 15.2 Å². The molecule has 0 radical (unpaired) electrons. The summed E-state index contributed by atoms with van der Waals surface area (Å²) in [7, 11) is 0. The van der Waals surface area contributed by atoms with E-state index in [1.54, 1.807) is 18.7 Å². The van der Waals surface area contributed by atoms with E-state index in [0.717, 1.165) is 16.8 Å². The Morgan fingerprint density at radius 1 is 1.10 bits per heavy atom. The van der Waals surface area contributed by atoms with E-state index in [9.17, 15) is 14.4 Å². The van der Waals surface area contributed by atoms with Crippen molar-refractivity contribution in [3.63, 3.8) is 0 Å². The first-order valence-electron chi connectivity index (χ1n) is 13.1. The predicted octanol–water partition coefficient (Wildman–Crippen LogP) is 2.53. The Hall–Kier alpha value is -3.27. The first-order valence-corrected chi connectivity index (χ1v) is 13.1. The maximum absolute atomic E-state index is 13.9. The molecule has 0 saturated carbocycles. The fraction of sp³-hybridized carbons (Fsp3) is 0.448. The number of rotatable bonds is 10. The third-order valence-electron chi connectivity index (χ3n) is 7.06. The van der Waals surface area contributed by atoms with Crippen molar-refractivity contribution in [1.29, 1.82) is 0 Å². The van der Waals surface area contributed by atoms with Gasteiger partial charge in [0, 0.05) is 26.1 Å². The van der Waals surface area contributed by atoms with E-state index in [0.29, 0.717) is 32.5 Å². The van der Waals surface area contributed by atoms with Crippen LogP contribution in [0.15, 0.2) is 65.8 Å². The van der Waals surface area contributed by atoms with Crippen molar-refractivity contribution in [2.45, 2.75) is 51.8 Å². The quantitative estimate of drug-likeness (QED) is 0.467. The van der Waals surface area contributed by atoms with E-state index < -0.39 is 22.9 Å². The van der Waals surface area contributed by atoms with Gasteiger partial charge in [-0.2, -0.15) is 5.10 Å². The van der Waals surface area contributed by atoms with E-state index in [-0.39, 0.29) is 37.4 Å². The highest BCUT2D eigenvalue weighted by Crippen LogP contribution is 2.38. The minimum absolute atomic E-state index is 0. The number of hydrogen-bond acceptors (Lipinski definition) is 6. The Morgan fingerprint density at radius 3 is 2.31 bits per heavy atom. The van der Waals surface area contributed by atoms with Crippen molar-refractivity contribution >= 4 is 35.8 Å². The number of benzene rings is 2. The van der Waals surface area contributed by atoms with Crippen LogP contribution in [0.5, 0.6) is 0 Å². The Morgan fingerprint density at radius 2 is 1.72 bits per heavy atom. The molecule has 210 valence electrons. The van der Waals surface area contributed by atoms with E-state index in [1.807, 2.05) is 67.6 Å². The lowest BCUT2D eigenvalue weighted by Crippen LogP contribution is -2.61. The Bertz CT molecular complexity index is 1190. The second-order valence-electron chi connectivity index (χ2n) is 10.6. The summed E-state index contributed by atoms with van der Waals surface area (Å²) in [6, 6.07) is 18.5. The van der Waals surface area contributed by atoms with Crippen LogP contribution >= 0.6 is 12.4 Å². The van der Waals surface area contributed by atoms with Crippen LogP contribution in [0.25, 0.3) is 0 Å². The van der Waals surface area contributed by atoms with Crippen LogP contribution in [-0.2, 0) is 32.1 Å². The average Bonchev–Trinajstić information content (AvgIpc) is 3.18. The summed E-state index contributed by atoms with van der Waals surface area (Å²) >= 11 is 0. The smallest absolute Gasteiger partial charge is 0.256 e. The molecule has 2 aliphatic rings. The fourth-order valence-corrected chi connectivity index (χ4v) is 4.94. The molecule has 9 nitrogen and oxygen atoms in total. The van der Waals surface area contributed by atoms with Crippen molar-refractivity contribution < 1.29 is 19.1 Å². The van der Waals surface area contributed by atoms with Gasteiger partial charge >= 0.3 is 0 Å². The molecule has 1 fully saturated rings. The van der Waals surface area contributed by atoms with Crippen LogP contribution < -0.4 is 11.1 Å². The van der Waals surface area contributed by atoms with Gasteiger partial charge in [0.05, 0.1) is 24.5 Å². The van der Waals surface area contributed by atoms with E-state index >= 15 is 0 Å². The highest BCUT2D eigenvalue weighted by atomic mass is 35.5. The van der Waals surface area contributed by atoms with Crippen molar-refractivity contribution in [2.24, 2.45) is 16.3 Å². The molecule has 0 aliphatic carbocycles. The summed E-state index contributed by atoms with van der Waals surface area (Å²) in [4.78, 5) is 41.9. The number of halogens is 1. The normalized spacial score (nSPS) is 19.6. The number of likely N-dealkylation sites (tertiary alicyclic amines) is 1. The summed E-state index contributed by atoms with van der Waals surface area (Å²) in [5.74, 6) is -0.850. The van der Waals surface area contributed by atoms with Crippen LogP contribution in [0.1, 0.15) is 38.3 Å². The van der Waals surface area contributed by atoms with Gasteiger partial charge in [-0.3, -0.25) is 14.4 Å². The number of piperidine rings is 1. The summed E-state index contributed by atoms with van der Waals surface area (Å²) in [6.07, 6.45) is 0.928. The monoisotopic (exact) mass is 555 g/mol. The summed E-state index contributed by atoms with van der Waals surface area (Å²) in [6.45, 7) is 6.39. The van der Waals surface area contributed by atoms with Gasteiger partial charge in [0.1, 0.15) is 11.5 Å². The molecule has 2 aromatic rings. The molecule has 2 atom stereocenters. The van der Waals surface area contributed by atoms with E-state index in [4.69, 9.17) is 10.5 Å². The number of carbonyl (C=O) groups is 3. The van der Waals surface area contributed by atoms with Crippen LogP contribution in [0.2, 0.25) is 0 Å². The molecule has 2 heterocycles. The zero-order valence-corrected chi connectivity index (χ0v) is 23.6. The third kappa shape index (κ3) is 6.84. The largest absolute Gasteiger partial charge is 0.374 e. The van der Waals surface area contributed by atoms with Gasteiger partial charge < -0.3 is 20.7 Å². The SMILES string of the molecule is CCN1N=C2CCN(C(=O)[C@@H](COCc3ccccc3)NC(=O)C(C)(C)N)C[C@]2(Cc2ccccc2)C1=O.Cl. The second kappa shape index (κ2) is 12.7. The highest BCUT2D eigenvalue weighted by Gasteiger charge is 2.54. The van der Waals surface area contributed by atoms with E-state index in [1.165, 1.54) is 5.01 Å². The number of ether oxygens (including phenoxy) is 1. The molecule has 3 N–H and O–H groups in total. The summed E-state index contributed by atoms with van der Waals surface area (Å²) < 4.78 is 5.87. The second-order valence-corrected chi connectivity index (χ2v) is 10.6. The molecule has 0 spiro atoms. The van der Waals surface area contributed by atoms with Crippen molar-refractivity contribution in [3.8, 4) is 0 Å². The highest BCUT2D eigenvalue weighted by molar-refractivity contribution is 6.13. The van der Waals surface area contributed by atoms with Crippen LogP contribution in [-0.4, -0.2) is 71.2 Å². The molecule has 2 aromatic carbocycles. The minimum Gasteiger partial charge on any atom is -0.374 e. The van der Waals surface area contributed by atoms with Gasteiger partial charge in [-0.1, -0.05) is 60.7 Å². The third-order valence-corrected chi connectivity index (χ3v) is 7.06. The molecular weight excluding hydrogens is 518 g/mol. The van der Waals surface area contributed by atoms with Crippen molar-refractivity contribution in [2.75, 3.05) is 26.2 Å². The molecule has 39 heavy (non-hydrogen) atoms. The Labute approximate surface area is 236 Å². The lowest BCUT2D eigenvalue weighted by Gasteiger charge is -2.41. The lowest BCUT2D eigenvalue weighted by molar-refractivity contribution is -0.144. The van der Waals surface area contributed by atoms with Crippen molar-refractivity contribution in [3.05, 3.63) is 71.8 Å². The van der Waals surface area contributed by atoms with Crippen LogP contribution in [0.4, 0.5) is 0 Å². The summed E-state index contributed by atoms with van der Waals surface area (Å²) in [5.41, 5.74) is 6.67. The first kappa shape index (κ1) is 30.3. The minimum atomic E-state index is -1.17. The first-order chi connectivity index (χ1) is 18.1. The average molecular weight is 556 g/mol. The Kier molecular flexibility index (Phi) is 9.88. The maximum atomic E-state index is 13.9. The van der Waals surface area contributed by atoms with Crippen LogP contribution in [0, 0.1) is 5.41 Å². The van der Waals surface area contributed by atoms with Gasteiger partial charge in [0.2, 0.25) is 11.8 Å². The topological polar surface area (TPSA) is 117 Å². The Balaban J connectivity index is 0.00000420. The number of hydrogen-bond donors (Lipinski definition) is 2. The fourth-order valence-electron chi connectivity index (χ4n) is 4.94. The van der Waals surface area contributed by atoms with Gasteiger partial charge in [-0.05, 0) is 38.3 Å². The maximum Gasteiger partial charge on any atom is 0.256 e. The molecule has 2 aliphatic heterocycles. The number of nitrogens with zero attached hydrogens (tertiary/aromatic N) is 3. The van der Waals surface area contributed by atoms with Crippen LogP contribution in [0.3, 0.4) is 0 Å². The number of nitrogens with one attached hydrogen (secondary N) is 1. The number of carbonyl (C=O) groups excluding carboxylic acids is 3. The zero-order valence-electron chi connectivity index (χ0n) is 22.8. The number of fused-ring (bicyclic) bond motifs is 1. The lowest BCUT2D eigenvalue weighted by atomic mass is 9.73.